The predicted octanol–water partition coefficient (Wildman–Crippen LogP) is 11.6. The molecule has 0 aliphatic rings. The molecule has 0 saturated carbocycles. The van der Waals surface area contributed by atoms with E-state index < -0.39 is 0 Å². The maximum atomic E-state index is 4.50. The summed E-state index contributed by atoms with van der Waals surface area (Å²) in [4.78, 5) is 50.7. The van der Waals surface area contributed by atoms with Gasteiger partial charge in [-0.25, -0.2) is 0 Å². The van der Waals surface area contributed by atoms with Crippen LogP contribution in [-0.2, 0) is 29.9 Å². The first-order valence-corrected chi connectivity index (χ1v) is 26.4. The zero-order valence-electron chi connectivity index (χ0n) is 45.4. The van der Waals surface area contributed by atoms with Crippen molar-refractivity contribution in [1.29, 1.82) is 0 Å². The van der Waals surface area contributed by atoms with Crippen LogP contribution in [-0.4, -0.2) is 59.8 Å². The second-order valence-corrected chi connectivity index (χ2v) is 18.0. The number of rotatable bonds is 6. The van der Waals surface area contributed by atoms with Gasteiger partial charge in [-0.1, -0.05) is 59.2 Å². The first-order valence-electron chi connectivity index (χ1n) is 26.4. The van der Waals surface area contributed by atoms with Gasteiger partial charge in [0.25, 0.3) is 0 Å². The second-order valence-electron chi connectivity index (χ2n) is 18.0. The number of hydrogen-bond acceptors (Lipinski definition) is 12. The summed E-state index contributed by atoms with van der Waals surface area (Å²) in [6, 6.07) is 46.2. The van der Waals surface area contributed by atoms with Crippen molar-refractivity contribution in [2.75, 3.05) is 0 Å². The van der Waals surface area contributed by atoms with Gasteiger partial charge in [0.1, 0.15) is 0 Å². The molecule has 0 unspecified atom stereocenters. The van der Waals surface area contributed by atoms with E-state index in [0.29, 0.717) is 0 Å². The average Bonchev–Trinajstić information content (AvgIpc) is 3.69. The van der Waals surface area contributed by atoms with Crippen LogP contribution in [0.5, 0.6) is 0 Å². The van der Waals surface area contributed by atoms with Gasteiger partial charge in [0.15, 0.2) is 0 Å². The van der Waals surface area contributed by atoms with Crippen molar-refractivity contribution in [3.63, 3.8) is 0 Å². The van der Waals surface area contributed by atoms with E-state index in [0.717, 1.165) is 103 Å². The SMILES string of the molecule is C(#Cc1ccnc(-c2cc(C#Cc3ccncc3)ccn2)c1)c1ccncc1.C(#Cc1ccnc(-c2cc(C#Cc3ccncc3)ccn2)c1)c1ccncc1.C(#Cc1ccnc(-c2cc(CCc3ccncc3)ccn2)c1)c1ccncc1.[Fe]. The summed E-state index contributed by atoms with van der Waals surface area (Å²) < 4.78 is 0. The summed E-state index contributed by atoms with van der Waals surface area (Å²) in [6.45, 7) is 0. The van der Waals surface area contributed by atoms with Gasteiger partial charge >= 0.3 is 0 Å². The Labute approximate surface area is 504 Å². The molecule has 13 heteroatoms. The van der Waals surface area contributed by atoms with Crippen molar-refractivity contribution >= 4 is 0 Å². The molecule has 12 heterocycles. The summed E-state index contributed by atoms with van der Waals surface area (Å²) in [5.41, 5.74) is 16.2. The largest absolute Gasteiger partial charge is 0.265 e. The van der Waals surface area contributed by atoms with Gasteiger partial charge in [-0.15, -0.1) is 0 Å². The Morgan fingerprint density at radius 1 is 0.188 bits per heavy atom. The van der Waals surface area contributed by atoms with Crippen molar-refractivity contribution in [3.8, 4) is 93.4 Å². The van der Waals surface area contributed by atoms with E-state index >= 15 is 0 Å². The third-order valence-electron chi connectivity index (χ3n) is 12.0. The van der Waals surface area contributed by atoms with E-state index in [2.05, 4.69) is 143 Å². The van der Waals surface area contributed by atoms with Gasteiger partial charge in [-0.05, 0) is 170 Å². The van der Waals surface area contributed by atoms with Crippen LogP contribution in [0.25, 0.3) is 34.2 Å². The maximum absolute atomic E-state index is 4.50. The molecule has 12 aromatic heterocycles. The number of aryl methyl sites for hydroxylation is 2. The molecule has 12 nitrogen and oxygen atoms in total. The fraction of sp³-hybridized carbons (Fsp3) is 0.0278. The van der Waals surface area contributed by atoms with Gasteiger partial charge in [0.05, 0.1) is 34.2 Å². The third kappa shape index (κ3) is 18.6. The van der Waals surface area contributed by atoms with E-state index in [1.54, 1.807) is 93.0 Å². The molecule has 12 aromatic rings. The van der Waals surface area contributed by atoms with Crippen molar-refractivity contribution in [3.05, 3.63) is 324 Å². The Morgan fingerprint density at radius 3 is 0.624 bits per heavy atom. The number of nitrogens with zero attached hydrogens (tertiary/aromatic N) is 12. The molecule has 0 atom stereocenters. The number of hydrogen-bond donors (Lipinski definition) is 0. The van der Waals surface area contributed by atoms with Crippen LogP contribution in [0.1, 0.15) is 66.8 Å². The molecule has 0 fully saturated rings. The maximum Gasteiger partial charge on any atom is 0.0898 e. The van der Waals surface area contributed by atoms with Crippen LogP contribution in [0.15, 0.2) is 257 Å². The van der Waals surface area contributed by atoms with Crippen LogP contribution in [0.2, 0.25) is 0 Å². The van der Waals surface area contributed by atoms with Crippen LogP contribution < -0.4 is 0 Å². The van der Waals surface area contributed by atoms with E-state index in [-0.39, 0.29) is 17.1 Å². The van der Waals surface area contributed by atoms with Crippen molar-refractivity contribution < 1.29 is 17.1 Å². The van der Waals surface area contributed by atoms with E-state index in [1.807, 2.05) is 140 Å². The molecular formula is C72H46FeN12. The molecule has 402 valence electrons. The summed E-state index contributed by atoms with van der Waals surface area (Å²) in [5, 5.41) is 0. The van der Waals surface area contributed by atoms with Gasteiger partial charge in [-0.3, -0.25) is 59.8 Å². The molecule has 12 rings (SSSR count). The molecule has 0 aromatic carbocycles. The van der Waals surface area contributed by atoms with Crippen molar-refractivity contribution in [1.82, 2.24) is 59.8 Å². The zero-order valence-corrected chi connectivity index (χ0v) is 46.5. The monoisotopic (exact) mass is 1130 g/mol. The molecule has 85 heavy (non-hydrogen) atoms. The zero-order chi connectivity index (χ0) is 57.1. The molecule has 0 saturated heterocycles. The first-order chi connectivity index (χ1) is 41.6. The molecule has 0 spiro atoms. The fourth-order valence-corrected chi connectivity index (χ4v) is 7.75. The van der Waals surface area contributed by atoms with Gasteiger partial charge in [-0.2, -0.15) is 0 Å². The molecule has 0 radical (unpaired) electrons. The molecular weight excluding hydrogens is 1090 g/mol. The quantitative estimate of drug-likeness (QED) is 0.115. The first kappa shape index (κ1) is 57.8. The molecule has 0 bridgehead atoms. The van der Waals surface area contributed by atoms with Crippen LogP contribution >= 0.6 is 0 Å². The third-order valence-corrected chi connectivity index (χ3v) is 12.0. The fourth-order valence-electron chi connectivity index (χ4n) is 7.75. The van der Waals surface area contributed by atoms with Crippen molar-refractivity contribution in [2.24, 2.45) is 0 Å². The smallest absolute Gasteiger partial charge is 0.0898 e. The Hall–Kier alpha value is -11.9. The number of aromatic nitrogens is 12. The summed E-state index contributed by atoms with van der Waals surface area (Å²) >= 11 is 0. The summed E-state index contributed by atoms with van der Waals surface area (Å²) in [6.07, 6.45) is 33.4. The Bertz CT molecular complexity index is 4070. The van der Waals surface area contributed by atoms with Crippen LogP contribution in [0, 0.1) is 59.2 Å². The second kappa shape index (κ2) is 31.2. The minimum Gasteiger partial charge on any atom is -0.265 e. The Kier molecular flexibility index (Phi) is 21.2. The normalized spacial score (nSPS) is 9.65. The Balaban J connectivity index is 0.000000152. The van der Waals surface area contributed by atoms with Crippen LogP contribution in [0.3, 0.4) is 0 Å². The Morgan fingerprint density at radius 2 is 0.365 bits per heavy atom. The van der Waals surface area contributed by atoms with Gasteiger partial charge in [0, 0.05) is 184 Å². The summed E-state index contributed by atoms with van der Waals surface area (Å²) in [7, 11) is 0. The van der Waals surface area contributed by atoms with Crippen LogP contribution in [0.4, 0.5) is 0 Å². The standard InChI is InChI=1S/C24H18N4.2C24H14N4.Fe/c3*1(19-5-11-25-12-6-19)3-21-9-15-27-23(17-21)24-18-22(10-16-28-24)4-2-20-7-13-26-14-8-20;/h5-18H,1,3H2;2*5-18H;. The molecule has 0 N–H and O–H groups in total. The average molecular weight is 1140 g/mol. The minimum absolute atomic E-state index is 0. The van der Waals surface area contributed by atoms with Gasteiger partial charge in [0.2, 0.25) is 0 Å². The predicted molar refractivity (Wildman–Crippen MR) is 325 cm³/mol. The topological polar surface area (TPSA) is 155 Å². The van der Waals surface area contributed by atoms with E-state index in [9.17, 15) is 0 Å². The van der Waals surface area contributed by atoms with E-state index in [1.165, 1.54) is 11.1 Å². The number of pyridine rings is 12. The van der Waals surface area contributed by atoms with Gasteiger partial charge < -0.3 is 0 Å². The van der Waals surface area contributed by atoms with Crippen molar-refractivity contribution in [2.45, 2.75) is 12.8 Å². The summed E-state index contributed by atoms with van der Waals surface area (Å²) in [5.74, 6) is 31.4. The van der Waals surface area contributed by atoms with E-state index in [4.69, 9.17) is 0 Å². The molecule has 0 aliphatic heterocycles. The minimum atomic E-state index is 0. The molecule has 0 aliphatic carbocycles. The molecule has 0 amide bonds.